The number of sulfone groups is 1. The molecular formula is C9H16N2O2S2. The van der Waals surface area contributed by atoms with E-state index in [0.717, 1.165) is 10.6 Å². The molecule has 1 rings (SSSR count). The summed E-state index contributed by atoms with van der Waals surface area (Å²) in [5.74, 6) is 0.151. The Balaban J connectivity index is 2.41. The van der Waals surface area contributed by atoms with Crippen LogP contribution in [-0.4, -0.2) is 26.5 Å². The highest BCUT2D eigenvalue weighted by Crippen LogP contribution is 2.18. The van der Waals surface area contributed by atoms with E-state index in [-0.39, 0.29) is 11.8 Å². The molecule has 0 radical (unpaired) electrons. The van der Waals surface area contributed by atoms with E-state index in [0.29, 0.717) is 6.54 Å². The normalized spacial score (nSPS) is 14.0. The van der Waals surface area contributed by atoms with E-state index in [1.54, 1.807) is 11.3 Å². The van der Waals surface area contributed by atoms with Gasteiger partial charge in [-0.15, -0.1) is 11.3 Å². The molecule has 0 aliphatic rings. The zero-order valence-corrected chi connectivity index (χ0v) is 10.5. The number of hydrogen-bond acceptors (Lipinski definition) is 5. The number of nitrogens with two attached hydrogens (primary N) is 1. The quantitative estimate of drug-likeness (QED) is 0.810. The maximum absolute atomic E-state index is 11.0. The fourth-order valence-corrected chi connectivity index (χ4v) is 3.05. The Hall–Kier alpha value is -0.590. The van der Waals surface area contributed by atoms with Crippen LogP contribution in [0.15, 0.2) is 11.4 Å². The molecule has 1 unspecified atom stereocenters. The Morgan fingerprint density at radius 1 is 1.60 bits per heavy atom. The first kappa shape index (κ1) is 12.5. The van der Waals surface area contributed by atoms with E-state index in [1.165, 1.54) is 6.26 Å². The monoisotopic (exact) mass is 248 g/mol. The molecule has 4 nitrogen and oxygen atoms in total. The third-order valence-electron chi connectivity index (χ3n) is 1.94. The van der Waals surface area contributed by atoms with Crippen LogP contribution in [0.5, 0.6) is 0 Å². The van der Waals surface area contributed by atoms with Gasteiger partial charge in [-0.2, -0.15) is 0 Å². The van der Waals surface area contributed by atoms with Crippen molar-refractivity contribution in [1.29, 1.82) is 0 Å². The summed E-state index contributed by atoms with van der Waals surface area (Å²) < 4.78 is 22.0. The minimum atomic E-state index is -2.91. The zero-order valence-electron chi connectivity index (χ0n) is 8.86. The van der Waals surface area contributed by atoms with Gasteiger partial charge in [0.2, 0.25) is 0 Å². The van der Waals surface area contributed by atoms with Gasteiger partial charge in [0, 0.05) is 29.4 Å². The summed E-state index contributed by atoms with van der Waals surface area (Å²) in [5, 5.41) is 5.06. The number of anilines is 1. The average Bonchev–Trinajstić information content (AvgIpc) is 2.44. The molecule has 1 heterocycles. The topological polar surface area (TPSA) is 72.2 Å². The summed E-state index contributed by atoms with van der Waals surface area (Å²) in [6.07, 6.45) is 1.24. The highest BCUT2D eigenvalue weighted by atomic mass is 32.2. The number of nitrogens with one attached hydrogen (secondary N) is 1. The smallest absolute Gasteiger partial charge is 0.148 e. The second-order valence-corrected chi connectivity index (χ2v) is 6.86. The molecule has 15 heavy (non-hydrogen) atoms. The molecule has 0 amide bonds. The minimum absolute atomic E-state index is 0.0542. The first-order valence-corrected chi connectivity index (χ1v) is 7.55. The molecule has 6 heteroatoms. The van der Waals surface area contributed by atoms with Crippen molar-refractivity contribution in [3.63, 3.8) is 0 Å². The van der Waals surface area contributed by atoms with E-state index in [2.05, 4.69) is 5.32 Å². The standard InChI is InChI=1S/C9H16N2O2S2/c1-7(6-15(2,12)13)11-5-9-8(10)3-4-14-9/h3-4,7,11H,5-6,10H2,1-2H3. The Bertz CT molecular complexity index is 412. The van der Waals surface area contributed by atoms with Crippen LogP contribution in [0.1, 0.15) is 11.8 Å². The van der Waals surface area contributed by atoms with Crippen molar-refractivity contribution < 1.29 is 8.42 Å². The van der Waals surface area contributed by atoms with Crippen molar-refractivity contribution in [2.75, 3.05) is 17.7 Å². The van der Waals surface area contributed by atoms with Crippen LogP contribution >= 0.6 is 11.3 Å². The van der Waals surface area contributed by atoms with Crippen molar-refractivity contribution in [2.24, 2.45) is 0 Å². The third kappa shape index (κ3) is 4.63. The molecule has 86 valence electrons. The zero-order chi connectivity index (χ0) is 11.5. The lowest BCUT2D eigenvalue weighted by molar-refractivity contribution is 0.562. The van der Waals surface area contributed by atoms with Gasteiger partial charge in [-0.1, -0.05) is 0 Å². The highest BCUT2D eigenvalue weighted by Gasteiger charge is 2.10. The van der Waals surface area contributed by atoms with Gasteiger partial charge in [-0.05, 0) is 18.4 Å². The number of thiophene rings is 1. The van der Waals surface area contributed by atoms with Crippen LogP contribution in [0.25, 0.3) is 0 Å². The van der Waals surface area contributed by atoms with Crippen LogP contribution in [0.2, 0.25) is 0 Å². The van der Waals surface area contributed by atoms with Gasteiger partial charge < -0.3 is 11.1 Å². The molecule has 3 N–H and O–H groups in total. The SMILES string of the molecule is CC(CS(C)(=O)=O)NCc1sccc1N. The van der Waals surface area contributed by atoms with E-state index in [1.807, 2.05) is 18.4 Å². The highest BCUT2D eigenvalue weighted by molar-refractivity contribution is 7.90. The molecule has 1 aromatic rings. The lowest BCUT2D eigenvalue weighted by Gasteiger charge is -2.11. The van der Waals surface area contributed by atoms with Gasteiger partial charge in [0.25, 0.3) is 0 Å². The van der Waals surface area contributed by atoms with Crippen molar-refractivity contribution >= 4 is 26.9 Å². The number of rotatable bonds is 5. The molecule has 0 saturated carbocycles. The van der Waals surface area contributed by atoms with Gasteiger partial charge in [0.05, 0.1) is 5.75 Å². The molecule has 0 spiro atoms. The largest absolute Gasteiger partial charge is 0.398 e. The average molecular weight is 248 g/mol. The van der Waals surface area contributed by atoms with E-state index >= 15 is 0 Å². The fraction of sp³-hybridized carbons (Fsp3) is 0.556. The summed E-state index contributed by atoms with van der Waals surface area (Å²) in [7, 11) is -2.91. The van der Waals surface area contributed by atoms with Gasteiger partial charge in [0.1, 0.15) is 9.84 Å². The summed E-state index contributed by atoms with van der Waals surface area (Å²) >= 11 is 1.57. The summed E-state index contributed by atoms with van der Waals surface area (Å²) in [5.41, 5.74) is 6.47. The second kappa shape index (κ2) is 4.96. The first-order valence-electron chi connectivity index (χ1n) is 4.61. The number of nitrogen functional groups attached to an aromatic ring is 1. The molecule has 0 fully saturated rings. The molecule has 0 aromatic carbocycles. The molecule has 0 aliphatic carbocycles. The Labute approximate surface area is 94.4 Å². The molecular weight excluding hydrogens is 232 g/mol. The molecule has 1 aromatic heterocycles. The summed E-state index contributed by atoms with van der Waals surface area (Å²) in [4.78, 5) is 1.05. The first-order chi connectivity index (χ1) is 6.88. The van der Waals surface area contributed by atoms with Gasteiger partial charge in [-0.3, -0.25) is 0 Å². The fourth-order valence-electron chi connectivity index (χ4n) is 1.27. The molecule has 0 aliphatic heterocycles. The predicted octanol–water partition coefficient (Wildman–Crippen LogP) is 0.853. The van der Waals surface area contributed by atoms with Crippen molar-refractivity contribution in [1.82, 2.24) is 5.32 Å². The van der Waals surface area contributed by atoms with E-state index in [9.17, 15) is 8.42 Å². The maximum Gasteiger partial charge on any atom is 0.148 e. The van der Waals surface area contributed by atoms with E-state index < -0.39 is 9.84 Å². The van der Waals surface area contributed by atoms with Gasteiger partial charge in [0.15, 0.2) is 0 Å². The Morgan fingerprint density at radius 3 is 2.73 bits per heavy atom. The van der Waals surface area contributed by atoms with Crippen LogP contribution in [-0.2, 0) is 16.4 Å². The number of hydrogen-bond donors (Lipinski definition) is 2. The lowest BCUT2D eigenvalue weighted by Crippen LogP contribution is -2.32. The summed E-state index contributed by atoms with van der Waals surface area (Å²) in [6, 6.07) is 1.80. The third-order valence-corrected chi connectivity index (χ3v) is 3.99. The minimum Gasteiger partial charge on any atom is -0.398 e. The van der Waals surface area contributed by atoms with Crippen LogP contribution in [0.4, 0.5) is 5.69 Å². The van der Waals surface area contributed by atoms with Gasteiger partial charge in [-0.25, -0.2) is 8.42 Å². The second-order valence-electron chi connectivity index (χ2n) is 3.67. The van der Waals surface area contributed by atoms with Crippen molar-refractivity contribution in [3.05, 3.63) is 16.3 Å². The van der Waals surface area contributed by atoms with Crippen molar-refractivity contribution in [3.8, 4) is 0 Å². The molecule has 0 saturated heterocycles. The van der Waals surface area contributed by atoms with Crippen LogP contribution < -0.4 is 11.1 Å². The maximum atomic E-state index is 11.0. The molecule has 1 atom stereocenters. The molecule has 0 bridgehead atoms. The Kier molecular flexibility index (Phi) is 4.12. The lowest BCUT2D eigenvalue weighted by atomic mass is 10.3. The van der Waals surface area contributed by atoms with E-state index in [4.69, 9.17) is 5.73 Å². The van der Waals surface area contributed by atoms with Crippen LogP contribution in [0.3, 0.4) is 0 Å². The van der Waals surface area contributed by atoms with Gasteiger partial charge >= 0.3 is 0 Å². The predicted molar refractivity (Wildman–Crippen MR) is 64.7 cm³/mol. The Morgan fingerprint density at radius 2 is 2.27 bits per heavy atom. The van der Waals surface area contributed by atoms with Crippen molar-refractivity contribution in [2.45, 2.75) is 19.5 Å². The summed E-state index contributed by atoms with van der Waals surface area (Å²) in [6.45, 7) is 2.48. The van der Waals surface area contributed by atoms with Crippen LogP contribution in [0, 0.1) is 0 Å².